The highest BCUT2D eigenvalue weighted by Crippen LogP contribution is 2.20. The molecule has 8 heteroatoms. The van der Waals surface area contributed by atoms with E-state index in [0.29, 0.717) is 11.4 Å². The lowest BCUT2D eigenvalue weighted by atomic mass is 10.1. The summed E-state index contributed by atoms with van der Waals surface area (Å²) >= 11 is 0. The predicted molar refractivity (Wildman–Crippen MR) is 80.5 cm³/mol. The van der Waals surface area contributed by atoms with Crippen molar-refractivity contribution in [1.29, 1.82) is 0 Å². The minimum atomic E-state index is -3.41. The summed E-state index contributed by atoms with van der Waals surface area (Å²) in [5, 5.41) is 6.30. The SMILES string of the molecule is CS(=O)(=O)c1nccn1-c1ccc(-c2ccc(=O)[nH]n2)cc1. The third-order valence-corrected chi connectivity index (χ3v) is 4.02. The van der Waals surface area contributed by atoms with Crippen molar-refractivity contribution >= 4 is 9.84 Å². The largest absolute Gasteiger partial charge is 0.291 e. The monoisotopic (exact) mass is 316 g/mol. The maximum absolute atomic E-state index is 11.7. The zero-order valence-corrected chi connectivity index (χ0v) is 12.4. The van der Waals surface area contributed by atoms with Crippen LogP contribution < -0.4 is 5.56 Å². The first-order valence-electron chi connectivity index (χ1n) is 6.35. The number of imidazole rings is 1. The number of nitrogens with one attached hydrogen (secondary N) is 1. The molecule has 0 amide bonds. The average Bonchev–Trinajstić information content (AvgIpc) is 2.98. The first-order valence-corrected chi connectivity index (χ1v) is 8.24. The first kappa shape index (κ1) is 14.2. The van der Waals surface area contributed by atoms with Crippen molar-refractivity contribution in [2.24, 2.45) is 0 Å². The van der Waals surface area contributed by atoms with Gasteiger partial charge < -0.3 is 0 Å². The Morgan fingerprint density at radius 1 is 1.09 bits per heavy atom. The zero-order valence-electron chi connectivity index (χ0n) is 11.6. The molecule has 0 radical (unpaired) electrons. The number of H-pyrrole nitrogens is 1. The highest BCUT2D eigenvalue weighted by molar-refractivity contribution is 7.90. The second-order valence-corrected chi connectivity index (χ2v) is 6.61. The van der Waals surface area contributed by atoms with Gasteiger partial charge in [-0.15, -0.1) is 0 Å². The standard InChI is InChI=1S/C14H12N4O3S/c1-22(20,21)14-15-8-9-18(14)11-4-2-10(3-5-11)12-6-7-13(19)17-16-12/h2-9H,1H3,(H,17,19). The number of nitrogens with zero attached hydrogens (tertiary/aromatic N) is 3. The molecule has 2 aromatic heterocycles. The molecule has 3 aromatic rings. The molecule has 0 aliphatic carbocycles. The number of benzene rings is 1. The van der Waals surface area contributed by atoms with Gasteiger partial charge in [0.2, 0.25) is 15.0 Å². The molecule has 0 aliphatic rings. The minimum absolute atomic E-state index is 0.0117. The molecule has 112 valence electrons. The van der Waals surface area contributed by atoms with E-state index in [1.165, 1.54) is 16.8 Å². The van der Waals surface area contributed by atoms with Gasteiger partial charge in [-0.1, -0.05) is 12.1 Å². The second kappa shape index (κ2) is 5.23. The molecule has 0 atom stereocenters. The van der Waals surface area contributed by atoms with E-state index >= 15 is 0 Å². The van der Waals surface area contributed by atoms with Gasteiger partial charge in [0, 0.05) is 36.0 Å². The molecule has 0 spiro atoms. The Hall–Kier alpha value is -2.74. The lowest BCUT2D eigenvalue weighted by Crippen LogP contribution is -2.07. The fourth-order valence-electron chi connectivity index (χ4n) is 2.06. The van der Waals surface area contributed by atoms with Crippen LogP contribution >= 0.6 is 0 Å². The number of hydrogen-bond acceptors (Lipinski definition) is 5. The summed E-state index contributed by atoms with van der Waals surface area (Å²) < 4.78 is 24.9. The van der Waals surface area contributed by atoms with Crippen molar-refractivity contribution in [2.45, 2.75) is 5.16 Å². The summed E-state index contributed by atoms with van der Waals surface area (Å²) in [5.74, 6) is 0. The van der Waals surface area contributed by atoms with Crippen LogP contribution in [0.1, 0.15) is 0 Å². The van der Waals surface area contributed by atoms with Gasteiger partial charge >= 0.3 is 0 Å². The quantitative estimate of drug-likeness (QED) is 0.778. The average molecular weight is 316 g/mol. The van der Waals surface area contributed by atoms with E-state index in [2.05, 4.69) is 15.2 Å². The Bertz CT molecular complexity index is 951. The Labute approximate surface area is 126 Å². The molecule has 1 N–H and O–H groups in total. The maximum Gasteiger partial charge on any atom is 0.264 e. The highest BCUT2D eigenvalue weighted by Gasteiger charge is 2.15. The number of aromatic nitrogens is 4. The van der Waals surface area contributed by atoms with E-state index in [1.54, 1.807) is 36.5 Å². The second-order valence-electron chi connectivity index (χ2n) is 4.71. The molecular weight excluding hydrogens is 304 g/mol. The summed E-state index contributed by atoms with van der Waals surface area (Å²) in [6, 6.07) is 10.1. The Balaban J connectivity index is 2.01. The van der Waals surface area contributed by atoms with Crippen molar-refractivity contribution in [1.82, 2.24) is 19.7 Å². The third-order valence-electron chi connectivity index (χ3n) is 3.06. The highest BCUT2D eigenvalue weighted by atomic mass is 32.2. The Morgan fingerprint density at radius 3 is 2.41 bits per heavy atom. The molecule has 7 nitrogen and oxygen atoms in total. The van der Waals surface area contributed by atoms with Crippen molar-refractivity contribution in [3.05, 3.63) is 59.1 Å². The molecule has 0 aliphatic heterocycles. The predicted octanol–water partition coefficient (Wildman–Crippen LogP) is 1.03. The van der Waals surface area contributed by atoms with E-state index in [1.807, 2.05) is 0 Å². The van der Waals surface area contributed by atoms with Crippen LogP contribution in [0.25, 0.3) is 16.9 Å². The van der Waals surface area contributed by atoms with Crippen molar-refractivity contribution in [3.8, 4) is 16.9 Å². The molecule has 0 bridgehead atoms. The molecule has 3 rings (SSSR count). The summed E-state index contributed by atoms with van der Waals surface area (Å²) in [6.07, 6.45) is 4.14. The van der Waals surface area contributed by atoms with Crippen LogP contribution in [0.15, 0.2) is 58.7 Å². The summed E-state index contributed by atoms with van der Waals surface area (Å²) in [5.41, 5.74) is 1.84. The van der Waals surface area contributed by atoms with Gasteiger partial charge in [-0.25, -0.2) is 18.5 Å². The fraction of sp³-hybridized carbons (Fsp3) is 0.0714. The van der Waals surface area contributed by atoms with Crippen LogP contribution in [-0.4, -0.2) is 34.4 Å². The van der Waals surface area contributed by atoms with E-state index in [0.717, 1.165) is 11.8 Å². The Kier molecular flexibility index (Phi) is 3.38. The molecule has 1 aromatic carbocycles. The number of aromatic amines is 1. The van der Waals surface area contributed by atoms with Crippen molar-refractivity contribution in [2.75, 3.05) is 6.26 Å². The molecule has 0 saturated carbocycles. The van der Waals surface area contributed by atoms with Gasteiger partial charge in [0.25, 0.3) is 5.56 Å². The summed E-state index contributed by atoms with van der Waals surface area (Å²) in [7, 11) is -3.41. The normalized spacial score (nSPS) is 11.5. The minimum Gasteiger partial charge on any atom is -0.291 e. The van der Waals surface area contributed by atoms with E-state index < -0.39 is 9.84 Å². The molecule has 0 saturated heterocycles. The Morgan fingerprint density at radius 2 is 1.82 bits per heavy atom. The van der Waals surface area contributed by atoms with Crippen LogP contribution in [0.2, 0.25) is 0 Å². The van der Waals surface area contributed by atoms with Gasteiger partial charge in [-0.2, -0.15) is 5.10 Å². The topological polar surface area (TPSA) is 97.7 Å². The van der Waals surface area contributed by atoms with E-state index in [-0.39, 0.29) is 10.7 Å². The van der Waals surface area contributed by atoms with Crippen molar-refractivity contribution in [3.63, 3.8) is 0 Å². The number of rotatable bonds is 3. The summed E-state index contributed by atoms with van der Waals surface area (Å²) in [4.78, 5) is 14.9. The number of hydrogen-bond donors (Lipinski definition) is 1. The van der Waals surface area contributed by atoms with E-state index in [4.69, 9.17) is 0 Å². The number of sulfone groups is 1. The van der Waals surface area contributed by atoms with Crippen LogP contribution in [-0.2, 0) is 9.84 Å². The van der Waals surface area contributed by atoms with Gasteiger partial charge in [0.05, 0.1) is 5.69 Å². The fourth-order valence-corrected chi connectivity index (χ4v) is 2.83. The molecule has 2 heterocycles. The zero-order chi connectivity index (χ0) is 15.7. The van der Waals surface area contributed by atoms with Crippen LogP contribution in [0, 0.1) is 0 Å². The molecule has 22 heavy (non-hydrogen) atoms. The lowest BCUT2D eigenvalue weighted by Gasteiger charge is -2.07. The smallest absolute Gasteiger partial charge is 0.264 e. The third kappa shape index (κ3) is 2.68. The van der Waals surface area contributed by atoms with Gasteiger partial charge in [-0.05, 0) is 18.2 Å². The van der Waals surface area contributed by atoms with Gasteiger partial charge in [0.1, 0.15) is 0 Å². The molecular formula is C14H12N4O3S. The first-order chi connectivity index (χ1) is 10.4. The molecule has 0 fully saturated rings. The lowest BCUT2D eigenvalue weighted by molar-refractivity contribution is 0.590. The van der Waals surface area contributed by atoms with Gasteiger partial charge in [-0.3, -0.25) is 9.36 Å². The van der Waals surface area contributed by atoms with Crippen molar-refractivity contribution < 1.29 is 8.42 Å². The molecule has 0 unspecified atom stereocenters. The van der Waals surface area contributed by atoms with Crippen LogP contribution in [0.3, 0.4) is 0 Å². The van der Waals surface area contributed by atoms with Crippen LogP contribution in [0.5, 0.6) is 0 Å². The van der Waals surface area contributed by atoms with E-state index in [9.17, 15) is 13.2 Å². The van der Waals surface area contributed by atoms with Crippen LogP contribution in [0.4, 0.5) is 0 Å². The summed E-state index contributed by atoms with van der Waals surface area (Å²) in [6.45, 7) is 0. The van der Waals surface area contributed by atoms with Gasteiger partial charge in [0.15, 0.2) is 0 Å². The maximum atomic E-state index is 11.7.